The second-order valence-corrected chi connectivity index (χ2v) is 2.85. The molecule has 1 atom stereocenters. The maximum atomic E-state index is 13.4. The minimum absolute atomic E-state index is 0.184. The van der Waals surface area contributed by atoms with Gasteiger partial charge in [0.1, 0.15) is 0 Å². The van der Waals surface area contributed by atoms with Crippen LogP contribution >= 0.6 is 0 Å². The molecule has 1 unspecified atom stereocenters. The summed E-state index contributed by atoms with van der Waals surface area (Å²) in [5.41, 5.74) is 0.963. The van der Waals surface area contributed by atoms with Gasteiger partial charge in [-0.05, 0) is 26.0 Å². The Kier molecular flexibility index (Phi) is 3.56. The van der Waals surface area contributed by atoms with Crippen LogP contribution in [0.3, 0.4) is 0 Å². The molecule has 0 aliphatic rings. The van der Waals surface area contributed by atoms with E-state index in [2.05, 4.69) is 9.72 Å². The first-order valence-electron chi connectivity index (χ1n) is 4.38. The van der Waals surface area contributed by atoms with Crippen LogP contribution < -0.4 is 0 Å². The molecule has 0 aliphatic heterocycles. The van der Waals surface area contributed by atoms with Crippen molar-refractivity contribution in [1.29, 1.82) is 0 Å². The quantitative estimate of drug-likeness (QED) is 0.695. The van der Waals surface area contributed by atoms with Gasteiger partial charge in [-0.15, -0.1) is 0 Å². The Hall–Kier alpha value is -1.45. The van der Waals surface area contributed by atoms with Crippen molar-refractivity contribution in [3.8, 4) is 0 Å². The number of hydrogen-bond donors (Lipinski definition) is 0. The zero-order valence-corrected chi connectivity index (χ0v) is 8.16. The molecule has 0 N–H and O–H groups in total. The number of nitrogens with zero attached hydrogens (tertiary/aromatic N) is 1. The number of aromatic nitrogens is 1. The summed E-state index contributed by atoms with van der Waals surface area (Å²) >= 11 is 0. The van der Waals surface area contributed by atoms with Crippen molar-refractivity contribution in [3.63, 3.8) is 0 Å². The Bertz CT molecular complexity index is 328. The van der Waals surface area contributed by atoms with Crippen LogP contribution in [0.25, 0.3) is 0 Å². The van der Waals surface area contributed by atoms with Gasteiger partial charge in [0.25, 0.3) is 0 Å². The van der Waals surface area contributed by atoms with E-state index < -0.39 is 12.1 Å². The molecule has 3 nitrogen and oxygen atoms in total. The van der Waals surface area contributed by atoms with Crippen molar-refractivity contribution in [2.75, 3.05) is 6.61 Å². The molecule has 0 fully saturated rings. The number of hydrogen-bond acceptors (Lipinski definition) is 3. The zero-order valence-electron chi connectivity index (χ0n) is 8.16. The predicted octanol–water partition coefficient (Wildman–Crippen LogP) is 1.96. The third-order valence-electron chi connectivity index (χ3n) is 1.71. The van der Waals surface area contributed by atoms with Gasteiger partial charge < -0.3 is 4.74 Å². The van der Waals surface area contributed by atoms with Gasteiger partial charge in [0.15, 0.2) is 0 Å². The first-order valence-corrected chi connectivity index (χ1v) is 4.38. The van der Waals surface area contributed by atoms with Crippen molar-refractivity contribution < 1.29 is 13.9 Å². The molecule has 0 saturated heterocycles. The lowest BCUT2D eigenvalue weighted by atomic mass is 10.1. The van der Waals surface area contributed by atoms with Crippen LogP contribution in [0.5, 0.6) is 0 Å². The minimum atomic E-state index is -1.71. The monoisotopic (exact) mass is 197 g/mol. The number of ether oxygens (including phenoxy) is 1. The molecule has 1 heterocycles. The first kappa shape index (κ1) is 10.6. The first-order chi connectivity index (χ1) is 6.65. The Morgan fingerprint density at radius 2 is 2.43 bits per heavy atom. The summed E-state index contributed by atoms with van der Waals surface area (Å²) in [6.07, 6.45) is -0.243. The number of alkyl halides is 1. The highest BCUT2D eigenvalue weighted by Gasteiger charge is 2.20. The molecule has 0 bridgehead atoms. The molecule has 0 radical (unpaired) electrons. The Morgan fingerprint density at radius 1 is 1.71 bits per heavy atom. The molecule has 0 saturated carbocycles. The standard InChI is InChI=1S/C10H12FNO2/c1-3-14-10(13)9(11)8-4-5-12-7(2)6-8/h4-6,9H,3H2,1-2H3. The summed E-state index contributed by atoms with van der Waals surface area (Å²) in [4.78, 5) is 14.9. The highest BCUT2D eigenvalue weighted by atomic mass is 19.1. The van der Waals surface area contributed by atoms with E-state index in [1.807, 2.05) is 0 Å². The van der Waals surface area contributed by atoms with E-state index in [4.69, 9.17) is 0 Å². The summed E-state index contributed by atoms with van der Waals surface area (Å²) < 4.78 is 18.0. The van der Waals surface area contributed by atoms with E-state index >= 15 is 0 Å². The summed E-state index contributed by atoms with van der Waals surface area (Å²) in [5.74, 6) is -0.849. The zero-order chi connectivity index (χ0) is 10.6. The largest absolute Gasteiger partial charge is 0.464 e. The van der Waals surface area contributed by atoms with Crippen LogP contribution in [0.4, 0.5) is 4.39 Å². The summed E-state index contributed by atoms with van der Waals surface area (Å²) in [6.45, 7) is 3.56. The van der Waals surface area contributed by atoms with Crippen molar-refractivity contribution in [3.05, 3.63) is 29.6 Å². The average molecular weight is 197 g/mol. The Morgan fingerprint density at radius 3 is 3.00 bits per heavy atom. The third-order valence-corrected chi connectivity index (χ3v) is 1.71. The highest BCUT2D eigenvalue weighted by molar-refractivity contribution is 5.76. The second kappa shape index (κ2) is 4.69. The van der Waals surface area contributed by atoms with Gasteiger partial charge in [-0.3, -0.25) is 4.98 Å². The molecular formula is C10H12FNO2. The fourth-order valence-corrected chi connectivity index (χ4v) is 1.08. The lowest BCUT2D eigenvalue weighted by molar-refractivity contribution is -0.149. The second-order valence-electron chi connectivity index (χ2n) is 2.85. The third kappa shape index (κ3) is 2.52. The summed E-state index contributed by atoms with van der Waals surface area (Å²) in [5, 5.41) is 0. The molecule has 1 aromatic heterocycles. The number of pyridine rings is 1. The summed E-state index contributed by atoms with van der Waals surface area (Å²) in [6, 6.07) is 3.00. The maximum Gasteiger partial charge on any atom is 0.345 e. The van der Waals surface area contributed by atoms with E-state index in [0.717, 1.165) is 0 Å². The topological polar surface area (TPSA) is 39.2 Å². The number of rotatable bonds is 3. The molecule has 0 aromatic carbocycles. The lowest BCUT2D eigenvalue weighted by Gasteiger charge is -2.07. The van der Waals surface area contributed by atoms with Crippen LogP contribution in [0.2, 0.25) is 0 Å². The molecule has 4 heteroatoms. The molecule has 14 heavy (non-hydrogen) atoms. The van der Waals surface area contributed by atoms with Crippen LogP contribution in [0.1, 0.15) is 24.4 Å². The van der Waals surface area contributed by atoms with E-state index in [1.165, 1.54) is 18.3 Å². The van der Waals surface area contributed by atoms with Gasteiger partial charge in [0, 0.05) is 17.5 Å². The van der Waals surface area contributed by atoms with Crippen LogP contribution in [-0.4, -0.2) is 17.6 Å². The van der Waals surface area contributed by atoms with Crippen LogP contribution in [0.15, 0.2) is 18.3 Å². The van der Waals surface area contributed by atoms with Crippen molar-refractivity contribution in [2.45, 2.75) is 20.0 Å². The van der Waals surface area contributed by atoms with E-state index in [9.17, 15) is 9.18 Å². The Balaban J connectivity index is 2.78. The maximum absolute atomic E-state index is 13.4. The normalized spacial score (nSPS) is 12.2. The SMILES string of the molecule is CCOC(=O)C(F)c1ccnc(C)c1. The Labute approximate surface area is 81.9 Å². The van der Waals surface area contributed by atoms with Crippen molar-refractivity contribution >= 4 is 5.97 Å². The van der Waals surface area contributed by atoms with Crippen molar-refractivity contribution in [1.82, 2.24) is 4.98 Å². The highest BCUT2D eigenvalue weighted by Crippen LogP contribution is 2.18. The minimum Gasteiger partial charge on any atom is -0.464 e. The van der Waals surface area contributed by atoms with Gasteiger partial charge in [0.2, 0.25) is 6.17 Å². The van der Waals surface area contributed by atoms with Crippen LogP contribution in [0, 0.1) is 6.92 Å². The smallest absolute Gasteiger partial charge is 0.345 e. The van der Waals surface area contributed by atoms with Crippen molar-refractivity contribution in [2.24, 2.45) is 0 Å². The lowest BCUT2D eigenvalue weighted by Crippen LogP contribution is -2.12. The van der Waals surface area contributed by atoms with Gasteiger partial charge in [0.05, 0.1) is 6.61 Å². The predicted molar refractivity (Wildman–Crippen MR) is 49.5 cm³/mol. The number of aryl methyl sites for hydroxylation is 1. The van der Waals surface area contributed by atoms with Gasteiger partial charge in [-0.2, -0.15) is 0 Å². The number of carbonyl (C=O) groups excluding carboxylic acids is 1. The fraction of sp³-hybridized carbons (Fsp3) is 0.400. The van der Waals surface area contributed by atoms with E-state index in [-0.39, 0.29) is 12.2 Å². The number of esters is 1. The van der Waals surface area contributed by atoms with Gasteiger partial charge in [-0.25, -0.2) is 9.18 Å². The number of carbonyl (C=O) groups is 1. The van der Waals surface area contributed by atoms with Crippen LogP contribution in [-0.2, 0) is 9.53 Å². The van der Waals surface area contributed by atoms with E-state index in [1.54, 1.807) is 13.8 Å². The molecular weight excluding hydrogens is 185 g/mol. The molecule has 0 amide bonds. The van der Waals surface area contributed by atoms with E-state index in [0.29, 0.717) is 5.69 Å². The molecule has 0 aliphatic carbocycles. The molecule has 76 valence electrons. The average Bonchev–Trinajstić information content (AvgIpc) is 2.17. The van der Waals surface area contributed by atoms with Gasteiger partial charge >= 0.3 is 5.97 Å². The summed E-state index contributed by atoms with van der Waals surface area (Å²) in [7, 11) is 0. The molecule has 0 spiro atoms. The molecule has 1 rings (SSSR count). The molecule has 1 aromatic rings. The number of halogens is 1. The fourth-order valence-electron chi connectivity index (χ4n) is 1.08. The van der Waals surface area contributed by atoms with Gasteiger partial charge in [-0.1, -0.05) is 0 Å².